The second-order valence-corrected chi connectivity index (χ2v) is 6.04. The molecule has 0 spiro atoms. The lowest BCUT2D eigenvalue weighted by Gasteiger charge is -2.13. The maximum atomic E-state index is 12.1. The number of hydrogen-bond acceptors (Lipinski definition) is 3. The zero-order chi connectivity index (χ0) is 18.2. The molecular formula is C20H25N3O2. The van der Waals surface area contributed by atoms with Crippen molar-refractivity contribution in [1.82, 2.24) is 0 Å². The Labute approximate surface area is 148 Å². The number of amides is 2. The summed E-state index contributed by atoms with van der Waals surface area (Å²) in [7, 11) is 0. The van der Waals surface area contributed by atoms with Crippen LogP contribution in [0.2, 0.25) is 0 Å². The average Bonchev–Trinajstić information content (AvgIpc) is 2.56. The van der Waals surface area contributed by atoms with Crippen LogP contribution in [-0.4, -0.2) is 18.4 Å². The van der Waals surface area contributed by atoms with Gasteiger partial charge < -0.3 is 16.0 Å². The first kappa shape index (κ1) is 18.5. The number of carbonyl (C=O) groups is 2. The predicted molar refractivity (Wildman–Crippen MR) is 103 cm³/mol. The van der Waals surface area contributed by atoms with Gasteiger partial charge in [-0.1, -0.05) is 25.1 Å². The van der Waals surface area contributed by atoms with E-state index in [0.29, 0.717) is 12.1 Å². The van der Waals surface area contributed by atoms with E-state index in [-0.39, 0.29) is 18.4 Å². The van der Waals surface area contributed by atoms with Gasteiger partial charge >= 0.3 is 0 Å². The highest BCUT2D eigenvalue weighted by molar-refractivity contribution is 5.95. The van der Waals surface area contributed by atoms with E-state index in [2.05, 4.69) is 16.0 Å². The van der Waals surface area contributed by atoms with Crippen LogP contribution in [0.1, 0.15) is 30.9 Å². The highest BCUT2D eigenvalue weighted by Crippen LogP contribution is 2.19. The molecule has 0 unspecified atom stereocenters. The molecule has 2 rings (SSSR count). The van der Waals surface area contributed by atoms with E-state index in [1.54, 1.807) is 24.3 Å². The number of rotatable bonds is 7. The van der Waals surface area contributed by atoms with Gasteiger partial charge in [-0.15, -0.1) is 0 Å². The van der Waals surface area contributed by atoms with E-state index in [4.69, 9.17) is 0 Å². The SMILES string of the molecule is CCCC(=O)Nc1ccc(NC(=O)CNc2c(C)cccc2C)cc1. The van der Waals surface area contributed by atoms with Crippen LogP contribution in [0.3, 0.4) is 0 Å². The normalized spacial score (nSPS) is 10.2. The van der Waals surface area contributed by atoms with E-state index in [1.807, 2.05) is 39.0 Å². The van der Waals surface area contributed by atoms with Crippen LogP contribution in [0, 0.1) is 13.8 Å². The smallest absolute Gasteiger partial charge is 0.243 e. The Morgan fingerprint density at radius 2 is 1.36 bits per heavy atom. The minimum Gasteiger partial charge on any atom is -0.376 e. The van der Waals surface area contributed by atoms with E-state index in [0.717, 1.165) is 28.9 Å². The molecular weight excluding hydrogens is 314 g/mol. The first-order valence-electron chi connectivity index (χ1n) is 8.49. The van der Waals surface area contributed by atoms with Gasteiger partial charge in [-0.3, -0.25) is 9.59 Å². The summed E-state index contributed by atoms with van der Waals surface area (Å²) >= 11 is 0. The Morgan fingerprint density at radius 3 is 1.88 bits per heavy atom. The fraction of sp³-hybridized carbons (Fsp3) is 0.300. The van der Waals surface area contributed by atoms with Gasteiger partial charge in [0.25, 0.3) is 0 Å². The van der Waals surface area contributed by atoms with Crippen LogP contribution in [0.25, 0.3) is 0 Å². The number of benzene rings is 2. The number of nitrogens with one attached hydrogen (secondary N) is 3. The number of carbonyl (C=O) groups excluding carboxylic acids is 2. The van der Waals surface area contributed by atoms with Crippen LogP contribution in [0.15, 0.2) is 42.5 Å². The molecule has 25 heavy (non-hydrogen) atoms. The monoisotopic (exact) mass is 339 g/mol. The Bertz CT molecular complexity index is 719. The fourth-order valence-corrected chi connectivity index (χ4v) is 2.55. The van der Waals surface area contributed by atoms with Gasteiger partial charge in [0.1, 0.15) is 0 Å². The number of hydrogen-bond donors (Lipinski definition) is 3. The summed E-state index contributed by atoms with van der Waals surface area (Å²) in [5.41, 5.74) is 4.64. The minimum atomic E-state index is -0.120. The molecule has 5 nitrogen and oxygen atoms in total. The molecule has 0 aromatic heterocycles. The Morgan fingerprint density at radius 1 is 0.840 bits per heavy atom. The lowest BCUT2D eigenvalue weighted by molar-refractivity contribution is -0.116. The van der Waals surface area contributed by atoms with Gasteiger partial charge in [0.2, 0.25) is 11.8 Å². The van der Waals surface area contributed by atoms with E-state index >= 15 is 0 Å². The molecule has 0 aliphatic carbocycles. The topological polar surface area (TPSA) is 70.2 Å². The summed E-state index contributed by atoms with van der Waals surface area (Å²) in [5.74, 6) is -0.123. The van der Waals surface area contributed by atoms with Crippen molar-refractivity contribution < 1.29 is 9.59 Å². The van der Waals surface area contributed by atoms with Crippen molar-refractivity contribution in [2.24, 2.45) is 0 Å². The lowest BCUT2D eigenvalue weighted by atomic mass is 10.1. The summed E-state index contributed by atoms with van der Waals surface area (Å²) in [6, 6.07) is 13.1. The summed E-state index contributed by atoms with van der Waals surface area (Å²) in [6.45, 7) is 6.18. The van der Waals surface area contributed by atoms with E-state index < -0.39 is 0 Å². The molecule has 0 aliphatic heterocycles. The van der Waals surface area contributed by atoms with Crippen molar-refractivity contribution in [2.45, 2.75) is 33.6 Å². The van der Waals surface area contributed by atoms with Crippen molar-refractivity contribution in [3.8, 4) is 0 Å². The van der Waals surface area contributed by atoms with Crippen LogP contribution < -0.4 is 16.0 Å². The van der Waals surface area contributed by atoms with Crippen molar-refractivity contribution in [3.63, 3.8) is 0 Å². The molecule has 0 saturated heterocycles. The highest BCUT2D eigenvalue weighted by atomic mass is 16.2. The number of anilines is 3. The molecule has 132 valence electrons. The third-order valence-electron chi connectivity index (χ3n) is 3.84. The first-order chi connectivity index (χ1) is 12.0. The van der Waals surface area contributed by atoms with Gasteiger partial charge in [0, 0.05) is 23.5 Å². The standard InChI is InChI=1S/C20H25N3O2/c1-4-6-18(24)22-16-9-11-17(12-10-16)23-19(25)13-21-20-14(2)7-5-8-15(20)3/h5,7-12,21H,4,6,13H2,1-3H3,(H,22,24)(H,23,25). The summed E-state index contributed by atoms with van der Waals surface area (Å²) in [6.07, 6.45) is 1.32. The molecule has 2 aromatic carbocycles. The molecule has 2 amide bonds. The Kier molecular flexibility index (Phi) is 6.57. The molecule has 0 radical (unpaired) electrons. The lowest BCUT2D eigenvalue weighted by Crippen LogP contribution is -2.22. The van der Waals surface area contributed by atoms with E-state index in [1.165, 1.54) is 0 Å². The van der Waals surface area contributed by atoms with Crippen LogP contribution in [-0.2, 0) is 9.59 Å². The van der Waals surface area contributed by atoms with Gasteiger partial charge in [-0.2, -0.15) is 0 Å². The zero-order valence-corrected chi connectivity index (χ0v) is 15.0. The highest BCUT2D eigenvalue weighted by Gasteiger charge is 2.06. The number of para-hydroxylation sites is 1. The summed E-state index contributed by atoms with van der Waals surface area (Å²) in [4.78, 5) is 23.7. The summed E-state index contributed by atoms with van der Waals surface area (Å²) in [5, 5.41) is 8.84. The molecule has 5 heteroatoms. The molecule has 0 aliphatic rings. The molecule has 3 N–H and O–H groups in total. The summed E-state index contributed by atoms with van der Waals surface area (Å²) < 4.78 is 0. The van der Waals surface area contributed by atoms with Crippen LogP contribution in [0.5, 0.6) is 0 Å². The maximum Gasteiger partial charge on any atom is 0.243 e. The quantitative estimate of drug-likeness (QED) is 0.711. The molecule has 0 heterocycles. The van der Waals surface area contributed by atoms with Gasteiger partial charge in [-0.25, -0.2) is 0 Å². The third-order valence-corrected chi connectivity index (χ3v) is 3.84. The molecule has 2 aromatic rings. The average molecular weight is 339 g/mol. The molecule has 0 saturated carbocycles. The molecule has 0 fully saturated rings. The van der Waals surface area contributed by atoms with Crippen molar-refractivity contribution >= 4 is 28.9 Å². The predicted octanol–water partition coefficient (Wildman–Crippen LogP) is 4.09. The van der Waals surface area contributed by atoms with Gasteiger partial charge in [-0.05, 0) is 55.7 Å². The maximum absolute atomic E-state index is 12.1. The Hall–Kier alpha value is -2.82. The van der Waals surface area contributed by atoms with Crippen molar-refractivity contribution in [3.05, 3.63) is 53.6 Å². The van der Waals surface area contributed by atoms with Gasteiger partial charge in [0.05, 0.1) is 6.54 Å². The van der Waals surface area contributed by atoms with Crippen LogP contribution >= 0.6 is 0 Å². The Balaban J connectivity index is 1.87. The second kappa shape index (κ2) is 8.87. The zero-order valence-electron chi connectivity index (χ0n) is 15.0. The van der Waals surface area contributed by atoms with Crippen molar-refractivity contribution in [2.75, 3.05) is 22.5 Å². The largest absolute Gasteiger partial charge is 0.376 e. The van der Waals surface area contributed by atoms with Gasteiger partial charge in [0.15, 0.2) is 0 Å². The minimum absolute atomic E-state index is 0.00270. The number of aryl methyl sites for hydroxylation is 2. The third kappa shape index (κ3) is 5.64. The fourth-order valence-electron chi connectivity index (χ4n) is 2.55. The first-order valence-corrected chi connectivity index (χ1v) is 8.49. The van der Waals surface area contributed by atoms with E-state index in [9.17, 15) is 9.59 Å². The second-order valence-electron chi connectivity index (χ2n) is 6.04. The van der Waals surface area contributed by atoms with Crippen molar-refractivity contribution in [1.29, 1.82) is 0 Å². The molecule has 0 bridgehead atoms. The van der Waals surface area contributed by atoms with Crippen LogP contribution in [0.4, 0.5) is 17.1 Å². The molecule has 0 atom stereocenters.